The van der Waals surface area contributed by atoms with Crippen LogP contribution in [0, 0.1) is 0 Å². The SMILES string of the molecule is COc1ccc(NC(=O)C2CCCN2C(=O)c2ccc(SCc3cn4ccccc4n3)cc2)cc1. The van der Waals surface area contributed by atoms with Crippen molar-refractivity contribution >= 4 is 34.9 Å². The van der Waals surface area contributed by atoms with Gasteiger partial charge in [0.05, 0.1) is 12.8 Å². The van der Waals surface area contributed by atoms with Gasteiger partial charge in [0, 0.05) is 40.8 Å². The number of rotatable bonds is 7. The zero-order chi connectivity index (χ0) is 24.2. The Labute approximate surface area is 208 Å². The van der Waals surface area contributed by atoms with Crippen LogP contribution in [-0.4, -0.2) is 45.8 Å². The van der Waals surface area contributed by atoms with E-state index < -0.39 is 6.04 Å². The first-order chi connectivity index (χ1) is 17.1. The minimum atomic E-state index is -0.478. The topological polar surface area (TPSA) is 75.9 Å². The molecule has 0 spiro atoms. The van der Waals surface area contributed by atoms with Crippen molar-refractivity contribution in [2.45, 2.75) is 29.5 Å². The van der Waals surface area contributed by atoms with Gasteiger partial charge in [-0.15, -0.1) is 11.8 Å². The number of fused-ring (bicyclic) bond motifs is 1. The first kappa shape index (κ1) is 23.0. The van der Waals surface area contributed by atoms with Gasteiger partial charge in [0.15, 0.2) is 0 Å². The monoisotopic (exact) mass is 486 g/mol. The molecule has 7 nitrogen and oxygen atoms in total. The Hall–Kier alpha value is -3.78. The summed E-state index contributed by atoms with van der Waals surface area (Å²) in [6, 6.07) is 20.2. The molecule has 0 bridgehead atoms. The fourth-order valence-electron chi connectivity index (χ4n) is 4.26. The van der Waals surface area contributed by atoms with Crippen molar-refractivity contribution in [3.63, 3.8) is 0 Å². The van der Waals surface area contributed by atoms with Crippen LogP contribution in [0.5, 0.6) is 5.75 Å². The van der Waals surface area contributed by atoms with E-state index in [1.165, 1.54) is 0 Å². The number of hydrogen-bond donors (Lipinski definition) is 1. The van der Waals surface area contributed by atoms with Gasteiger partial charge in [-0.25, -0.2) is 4.98 Å². The first-order valence-corrected chi connectivity index (χ1v) is 12.5. The Morgan fingerprint density at radius 2 is 1.89 bits per heavy atom. The number of likely N-dealkylation sites (tertiary alicyclic amines) is 1. The van der Waals surface area contributed by atoms with Crippen LogP contribution in [0.3, 0.4) is 0 Å². The van der Waals surface area contributed by atoms with E-state index in [1.807, 2.05) is 59.3 Å². The van der Waals surface area contributed by atoms with E-state index in [2.05, 4.69) is 10.3 Å². The number of pyridine rings is 1. The van der Waals surface area contributed by atoms with Crippen LogP contribution in [0.1, 0.15) is 28.9 Å². The standard InChI is InChI=1S/C27H26N4O3S/c1-34-22-11-9-20(10-12-22)29-26(32)24-5-4-16-31(24)27(33)19-7-13-23(14-8-19)35-18-21-17-30-15-3-2-6-25(30)28-21/h2-3,6-15,17,24H,4-5,16,18H2,1H3,(H,29,32). The van der Waals surface area contributed by atoms with Crippen LogP contribution in [0.4, 0.5) is 5.69 Å². The number of ether oxygens (including phenoxy) is 1. The van der Waals surface area contributed by atoms with Gasteiger partial charge in [0.1, 0.15) is 17.4 Å². The molecule has 2 amide bonds. The quantitative estimate of drug-likeness (QED) is 0.377. The second-order valence-electron chi connectivity index (χ2n) is 8.39. The fraction of sp³-hybridized carbons (Fsp3) is 0.222. The summed E-state index contributed by atoms with van der Waals surface area (Å²) in [5.41, 5.74) is 3.21. The van der Waals surface area contributed by atoms with Gasteiger partial charge in [-0.3, -0.25) is 9.59 Å². The highest BCUT2D eigenvalue weighted by Crippen LogP contribution is 2.26. The zero-order valence-corrected chi connectivity index (χ0v) is 20.2. The highest BCUT2D eigenvalue weighted by molar-refractivity contribution is 7.98. The molecule has 8 heteroatoms. The summed E-state index contributed by atoms with van der Waals surface area (Å²) in [5.74, 6) is 1.19. The van der Waals surface area contributed by atoms with Gasteiger partial charge in [-0.1, -0.05) is 6.07 Å². The number of nitrogens with zero attached hydrogens (tertiary/aromatic N) is 3. The Morgan fingerprint density at radius 3 is 2.63 bits per heavy atom. The van der Waals surface area contributed by atoms with Crippen LogP contribution in [-0.2, 0) is 10.5 Å². The molecule has 4 aromatic rings. The maximum Gasteiger partial charge on any atom is 0.254 e. The maximum absolute atomic E-state index is 13.2. The largest absolute Gasteiger partial charge is 0.497 e. The minimum absolute atomic E-state index is 0.116. The molecule has 0 aliphatic carbocycles. The van der Waals surface area contributed by atoms with Gasteiger partial charge in [-0.2, -0.15) is 0 Å². The van der Waals surface area contributed by atoms with E-state index in [9.17, 15) is 9.59 Å². The lowest BCUT2D eigenvalue weighted by atomic mass is 10.1. The van der Waals surface area contributed by atoms with Crippen LogP contribution in [0.15, 0.2) is 84.0 Å². The van der Waals surface area contributed by atoms with E-state index in [-0.39, 0.29) is 11.8 Å². The number of carbonyl (C=O) groups is 2. The molecule has 3 heterocycles. The number of imidazole rings is 1. The number of benzene rings is 2. The van der Waals surface area contributed by atoms with Crippen LogP contribution < -0.4 is 10.1 Å². The molecule has 2 aromatic heterocycles. The minimum Gasteiger partial charge on any atom is -0.497 e. The summed E-state index contributed by atoms with van der Waals surface area (Å²) in [4.78, 5) is 33.5. The molecule has 1 fully saturated rings. The third kappa shape index (κ3) is 5.17. The lowest BCUT2D eigenvalue weighted by Gasteiger charge is -2.24. The molecule has 1 aliphatic rings. The van der Waals surface area contributed by atoms with Gasteiger partial charge in [0.2, 0.25) is 5.91 Å². The first-order valence-electron chi connectivity index (χ1n) is 11.5. The van der Waals surface area contributed by atoms with Gasteiger partial charge >= 0.3 is 0 Å². The molecule has 0 saturated carbocycles. The Morgan fingerprint density at radius 1 is 1.09 bits per heavy atom. The van der Waals surface area contributed by atoms with Gasteiger partial charge < -0.3 is 19.4 Å². The van der Waals surface area contributed by atoms with Crippen LogP contribution in [0.2, 0.25) is 0 Å². The van der Waals surface area contributed by atoms with Crippen molar-refractivity contribution in [1.29, 1.82) is 0 Å². The van der Waals surface area contributed by atoms with Crippen molar-refractivity contribution in [3.8, 4) is 5.75 Å². The number of amides is 2. The second-order valence-corrected chi connectivity index (χ2v) is 9.43. The van der Waals surface area contributed by atoms with Gasteiger partial charge in [-0.05, 0) is 73.5 Å². The molecule has 1 aliphatic heterocycles. The second kappa shape index (κ2) is 10.2. The highest BCUT2D eigenvalue weighted by Gasteiger charge is 2.34. The van der Waals surface area contributed by atoms with Crippen molar-refractivity contribution in [2.75, 3.05) is 19.0 Å². The van der Waals surface area contributed by atoms with E-state index >= 15 is 0 Å². The Bertz CT molecular complexity index is 1300. The van der Waals surface area contributed by atoms with Crippen LogP contribution >= 0.6 is 11.8 Å². The molecule has 1 unspecified atom stereocenters. The highest BCUT2D eigenvalue weighted by atomic mass is 32.2. The summed E-state index contributed by atoms with van der Waals surface area (Å²) in [6.45, 7) is 0.573. The Kier molecular flexibility index (Phi) is 6.72. The molecule has 2 aromatic carbocycles. The van der Waals surface area contributed by atoms with Gasteiger partial charge in [0.25, 0.3) is 5.91 Å². The van der Waals surface area contributed by atoms with Crippen molar-refractivity contribution < 1.29 is 14.3 Å². The number of anilines is 1. The number of aromatic nitrogens is 2. The van der Waals surface area contributed by atoms with Crippen molar-refractivity contribution in [3.05, 3.63) is 90.4 Å². The summed E-state index contributed by atoms with van der Waals surface area (Å²) in [6.07, 6.45) is 5.48. The third-order valence-electron chi connectivity index (χ3n) is 6.08. The maximum atomic E-state index is 13.2. The summed E-state index contributed by atoms with van der Waals surface area (Å²) in [7, 11) is 1.60. The summed E-state index contributed by atoms with van der Waals surface area (Å²) < 4.78 is 7.17. The van der Waals surface area contributed by atoms with Crippen molar-refractivity contribution in [1.82, 2.24) is 14.3 Å². The number of hydrogen-bond acceptors (Lipinski definition) is 5. The molecule has 0 radical (unpaired) electrons. The van der Waals surface area contributed by atoms with E-state index in [0.29, 0.717) is 24.2 Å². The normalized spacial score (nSPS) is 15.3. The molecule has 1 atom stereocenters. The lowest BCUT2D eigenvalue weighted by Crippen LogP contribution is -2.43. The average Bonchev–Trinajstić information content (AvgIpc) is 3.55. The number of nitrogens with one attached hydrogen (secondary N) is 1. The van der Waals surface area contributed by atoms with E-state index in [0.717, 1.165) is 34.2 Å². The summed E-state index contributed by atoms with van der Waals surface area (Å²) >= 11 is 1.68. The molecular formula is C27H26N4O3S. The molecular weight excluding hydrogens is 460 g/mol. The van der Waals surface area contributed by atoms with E-state index in [4.69, 9.17) is 4.74 Å². The summed E-state index contributed by atoms with van der Waals surface area (Å²) in [5, 5.41) is 2.92. The smallest absolute Gasteiger partial charge is 0.254 e. The van der Waals surface area contributed by atoms with Crippen LogP contribution in [0.25, 0.3) is 5.65 Å². The Balaban J connectivity index is 1.20. The number of methoxy groups -OCH3 is 1. The zero-order valence-electron chi connectivity index (χ0n) is 19.4. The number of thioether (sulfide) groups is 1. The molecule has 1 saturated heterocycles. The van der Waals surface area contributed by atoms with E-state index in [1.54, 1.807) is 48.0 Å². The fourth-order valence-corrected chi connectivity index (χ4v) is 5.04. The molecule has 1 N–H and O–H groups in total. The van der Waals surface area contributed by atoms with Crippen molar-refractivity contribution in [2.24, 2.45) is 0 Å². The molecule has 178 valence electrons. The third-order valence-corrected chi connectivity index (χ3v) is 7.12. The molecule has 5 rings (SSSR count). The predicted octanol–water partition coefficient (Wildman–Crippen LogP) is 4.88. The molecule has 35 heavy (non-hydrogen) atoms. The number of carbonyl (C=O) groups excluding carboxylic acids is 2. The lowest BCUT2D eigenvalue weighted by molar-refractivity contribution is -0.119. The predicted molar refractivity (Wildman–Crippen MR) is 137 cm³/mol. The average molecular weight is 487 g/mol.